The number of benzene rings is 1. The third-order valence-electron chi connectivity index (χ3n) is 2.97. The Balaban J connectivity index is 1.94. The third-order valence-corrected chi connectivity index (χ3v) is 3.23. The van der Waals surface area contributed by atoms with Gasteiger partial charge in [-0.1, -0.05) is 23.7 Å². The summed E-state index contributed by atoms with van der Waals surface area (Å²) in [5, 5.41) is 14.0. The summed E-state index contributed by atoms with van der Waals surface area (Å²) in [6.45, 7) is 2.11. The summed E-state index contributed by atoms with van der Waals surface area (Å²) < 4.78 is 0. The van der Waals surface area contributed by atoms with Crippen LogP contribution in [0.4, 0.5) is 0 Å². The number of aliphatic hydroxyl groups is 1. The van der Waals surface area contributed by atoms with Crippen LogP contribution in [-0.4, -0.2) is 18.2 Å². The van der Waals surface area contributed by atoms with E-state index in [9.17, 15) is 5.11 Å². The Morgan fingerprint density at radius 1 is 1.40 bits per heavy atom. The van der Waals surface area contributed by atoms with Crippen LogP contribution < -0.4 is 5.32 Å². The smallest absolute Gasteiger partial charge is 0.0793 e. The molecule has 0 radical (unpaired) electrons. The fourth-order valence-corrected chi connectivity index (χ4v) is 2.18. The van der Waals surface area contributed by atoms with Gasteiger partial charge in [-0.05, 0) is 49.5 Å². The number of hydrogen-bond donors (Lipinski definition) is 2. The highest BCUT2D eigenvalue weighted by atomic mass is 35.5. The zero-order valence-corrected chi connectivity index (χ0v) is 9.37. The molecule has 0 aliphatic carbocycles. The lowest BCUT2D eigenvalue weighted by Crippen LogP contribution is -2.11. The zero-order chi connectivity index (χ0) is 10.7. The lowest BCUT2D eigenvalue weighted by molar-refractivity contribution is 0.147. The van der Waals surface area contributed by atoms with Crippen molar-refractivity contribution >= 4 is 11.6 Å². The van der Waals surface area contributed by atoms with Gasteiger partial charge in [0, 0.05) is 5.02 Å². The van der Waals surface area contributed by atoms with Crippen LogP contribution in [0.2, 0.25) is 5.02 Å². The van der Waals surface area contributed by atoms with E-state index in [1.807, 2.05) is 24.3 Å². The molecule has 2 N–H and O–H groups in total. The van der Waals surface area contributed by atoms with Crippen molar-refractivity contribution in [1.29, 1.82) is 0 Å². The Labute approximate surface area is 95.3 Å². The highest BCUT2D eigenvalue weighted by Crippen LogP contribution is 2.25. The van der Waals surface area contributed by atoms with E-state index >= 15 is 0 Å². The molecule has 1 heterocycles. The third kappa shape index (κ3) is 2.94. The minimum absolute atomic E-state index is 0.354. The summed E-state index contributed by atoms with van der Waals surface area (Å²) in [5.41, 5.74) is 0.964. The van der Waals surface area contributed by atoms with Crippen LogP contribution >= 0.6 is 11.6 Å². The Hall–Kier alpha value is -0.570. The highest BCUT2D eigenvalue weighted by molar-refractivity contribution is 6.30. The van der Waals surface area contributed by atoms with E-state index in [0.29, 0.717) is 10.9 Å². The average Bonchev–Trinajstić information content (AvgIpc) is 2.71. The predicted molar refractivity (Wildman–Crippen MR) is 62.0 cm³/mol. The predicted octanol–water partition coefficient (Wildman–Crippen LogP) is 2.37. The van der Waals surface area contributed by atoms with Crippen LogP contribution in [0, 0.1) is 5.92 Å². The molecule has 1 aliphatic heterocycles. The quantitative estimate of drug-likeness (QED) is 0.828. The maximum absolute atomic E-state index is 10.0. The van der Waals surface area contributed by atoms with Crippen molar-refractivity contribution in [2.45, 2.75) is 18.9 Å². The molecule has 1 aromatic rings. The molecule has 1 saturated heterocycles. The van der Waals surface area contributed by atoms with Crippen LogP contribution in [0.5, 0.6) is 0 Å². The SMILES string of the molecule is OC(CC1CCNC1)c1ccc(Cl)cc1. The Bertz CT molecular complexity index is 306. The van der Waals surface area contributed by atoms with Gasteiger partial charge in [0.15, 0.2) is 0 Å². The summed E-state index contributed by atoms with van der Waals surface area (Å²) in [7, 11) is 0. The van der Waals surface area contributed by atoms with Crippen molar-refractivity contribution in [2.75, 3.05) is 13.1 Å². The number of hydrogen-bond acceptors (Lipinski definition) is 2. The van der Waals surface area contributed by atoms with Gasteiger partial charge in [-0.25, -0.2) is 0 Å². The van der Waals surface area contributed by atoms with Crippen LogP contribution in [0.25, 0.3) is 0 Å². The van der Waals surface area contributed by atoms with Crippen molar-refractivity contribution in [3.8, 4) is 0 Å². The first-order chi connectivity index (χ1) is 7.25. The number of aliphatic hydroxyl groups excluding tert-OH is 1. The van der Waals surface area contributed by atoms with E-state index in [2.05, 4.69) is 5.32 Å². The van der Waals surface area contributed by atoms with Gasteiger partial charge in [-0.3, -0.25) is 0 Å². The van der Waals surface area contributed by atoms with E-state index in [1.165, 1.54) is 6.42 Å². The molecular weight excluding hydrogens is 210 g/mol. The fourth-order valence-electron chi connectivity index (χ4n) is 2.05. The molecule has 2 atom stereocenters. The number of nitrogens with one attached hydrogen (secondary N) is 1. The van der Waals surface area contributed by atoms with Gasteiger partial charge in [-0.15, -0.1) is 0 Å². The molecule has 1 fully saturated rings. The van der Waals surface area contributed by atoms with Crippen molar-refractivity contribution in [2.24, 2.45) is 5.92 Å². The van der Waals surface area contributed by atoms with Gasteiger partial charge >= 0.3 is 0 Å². The van der Waals surface area contributed by atoms with Crippen molar-refractivity contribution in [1.82, 2.24) is 5.32 Å². The van der Waals surface area contributed by atoms with Crippen LogP contribution in [0.15, 0.2) is 24.3 Å². The Kier molecular flexibility index (Phi) is 3.62. The number of halogens is 1. The molecule has 2 rings (SSSR count). The van der Waals surface area contributed by atoms with Crippen LogP contribution in [0.3, 0.4) is 0 Å². The monoisotopic (exact) mass is 225 g/mol. The van der Waals surface area contributed by atoms with Crippen LogP contribution in [-0.2, 0) is 0 Å². The molecule has 2 unspecified atom stereocenters. The second-order valence-electron chi connectivity index (χ2n) is 4.16. The minimum atomic E-state index is -0.354. The Morgan fingerprint density at radius 3 is 2.73 bits per heavy atom. The largest absolute Gasteiger partial charge is 0.388 e. The standard InChI is InChI=1S/C12H16ClNO/c13-11-3-1-10(2-4-11)12(15)7-9-5-6-14-8-9/h1-4,9,12,14-15H,5-8H2. The van der Waals surface area contributed by atoms with Gasteiger partial charge in [0.1, 0.15) is 0 Å². The molecular formula is C12H16ClNO. The topological polar surface area (TPSA) is 32.3 Å². The van der Waals surface area contributed by atoms with E-state index in [0.717, 1.165) is 25.1 Å². The lowest BCUT2D eigenvalue weighted by atomic mass is 9.96. The second-order valence-corrected chi connectivity index (χ2v) is 4.60. The molecule has 0 saturated carbocycles. The maximum atomic E-state index is 10.0. The second kappa shape index (κ2) is 4.97. The fraction of sp³-hybridized carbons (Fsp3) is 0.500. The highest BCUT2D eigenvalue weighted by Gasteiger charge is 2.19. The molecule has 0 aromatic heterocycles. The average molecular weight is 226 g/mol. The minimum Gasteiger partial charge on any atom is -0.388 e. The first-order valence-electron chi connectivity index (χ1n) is 5.40. The summed E-state index contributed by atoms with van der Waals surface area (Å²) in [4.78, 5) is 0. The molecule has 2 nitrogen and oxygen atoms in total. The molecule has 15 heavy (non-hydrogen) atoms. The maximum Gasteiger partial charge on any atom is 0.0793 e. The Morgan fingerprint density at radius 2 is 2.13 bits per heavy atom. The molecule has 1 aromatic carbocycles. The lowest BCUT2D eigenvalue weighted by Gasteiger charge is -2.15. The normalized spacial score (nSPS) is 22.9. The molecule has 1 aliphatic rings. The van der Waals surface area contributed by atoms with E-state index in [1.54, 1.807) is 0 Å². The van der Waals surface area contributed by atoms with Crippen molar-refractivity contribution in [3.63, 3.8) is 0 Å². The van der Waals surface area contributed by atoms with Crippen molar-refractivity contribution in [3.05, 3.63) is 34.9 Å². The zero-order valence-electron chi connectivity index (χ0n) is 8.62. The van der Waals surface area contributed by atoms with Gasteiger partial charge < -0.3 is 10.4 Å². The van der Waals surface area contributed by atoms with E-state index in [-0.39, 0.29) is 6.10 Å². The first kappa shape index (κ1) is 10.9. The van der Waals surface area contributed by atoms with E-state index in [4.69, 9.17) is 11.6 Å². The summed E-state index contributed by atoms with van der Waals surface area (Å²) >= 11 is 5.80. The van der Waals surface area contributed by atoms with Crippen LogP contribution in [0.1, 0.15) is 24.5 Å². The summed E-state index contributed by atoms with van der Waals surface area (Å²) in [6.07, 6.45) is 1.66. The molecule has 82 valence electrons. The van der Waals surface area contributed by atoms with E-state index < -0.39 is 0 Å². The molecule has 0 bridgehead atoms. The molecule has 0 spiro atoms. The van der Waals surface area contributed by atoms with Crippen molar-refractivity contribution < 1.29 is 5.11 Å². The summed E-state index contributed by atoms with van der Waals surface area (Å²) in [6, 6.07) is 7.45. The summed E-state index contributed by atoms with van der Waals surface area (Å²) in [5.74, 6) is 0.607. The molecule has 0 amide bonds. The van der Waals surface area contributed by atoms with Gasteiger partial charge in [0.2, 0.25) is 0 Å². The van der Waals surface area contributed by atoms with Gasteiger partial charge in [-0.2, -0.15) is 0 Å². The molecule has 3 heteroatoms. The van der Waals surface area contributed by atoms with Gasteiger partial charge in [0.05, 0.1) is 6.10 Å². The first-order valence-corrected chi connectivity index (χ1v) is 5.78. The number of rotatable bonds is 3. The van der Waals surface area contributed by atoms with Gasteiger partial charge in [0.25, 0.3) is 0 Å².